The van der Waals surface area contributed by atoms with Gasteiger partial charge in [-0.1, -0.05) is 11.3 Å². The molecule has 1 aliphatic carbocycles. The molecule has 1 saturated carbocycles. The highest BCUT2D eigenvalue weighted by Crippen LogP contribution is 2.45. The maximum atomic E-state index is 15.8. The first kappa shape index (κ1) is 27.5. The number of hydrogen-bond donors (Lipinski definition) is 1. The van der Waals surface area contributed by atoms with Gasteiger partial charge in [-0.2, -0.15) is 5.26 Å². The number of benzene rings is 2. The van der Waals surface area contributed by atoms with Crippen LogP contribution in [-0.4, -0.2) is 65.3 Å². The van der Waals surface area contributed by atoms with Gasteiger partial charge in [0.1, 0.15) is 28.0 Å². The Bertz CT molecular complexity index is 1600. The van der Waals surface area contributed by atoms with E-state index in [4.69, 9.17) is 9.97 Å². The number of aromatic nitrogens is 2. The van der Waals surface area contributed by atoms with Crippen LogP contribution in [0, 0.1) is 23.0 Å². The second-order valence-electron chi connectivity index (χ2n) is 10.8. The Balaban J connectivity index is 1.42. The zero-order valence-corrected chi connectivity index (χ0v) is 24.0. The van der Waals surface area contributed by atoms with E-state index in [-0.39, 0.29) is 17.7 Å². The largest absolute Gasteiger partial charge is 0.392 e. The fourth-order valence-corrected chi connectivity index (χ4v) is 6.50. The maximum Gasteiger partial charge on any atom is 0.191 e. The number of halogens is 2. The summed E-state index contributed by atoms with van der Waals surface area (Å²) < 4.78 is 29.4. The number of aliphatic hydroxyl groups is 1. The number of anilines is 3. The molecule has 2 fully saturated rings. The van der Waals surface area contributed by atoms with E-state index in [1.54, 1.807) is 25.1 Å². The number of rotatable bonds is 8. The normalized spacial score (nSPS) is 16.6. The topological polar surface area (TPSA) is 79.5 Å². The van der Waals surface area contributed by atoms with Crippen molar-refractivity contribution in [2.24, 2.45) is 0 Å². The van der Waals surface area contributed by atoms with E-state index >= 15 is 4.39 Å². The van der Waals surface area contributed by atoms with Crippen LogP contribution >= 0.6 is 11.3 Å². The van der Waals surface area contributed by atoms with Crippen molar-refractivity contribution in [3.05, 3.63) is 64.7 Å². The zero-order valence-electron chi connectivity index (χ0n) is 23.1. The number of aliphatic hydroxyl groups excluding tert-OH is 1. The highest BCUT2D eigenvalue weighted by atomic mass is 32.1. The molecule has 3 heterocycles. The molecule has 6 rings (SSSR count). The number of fused-ring (bicyclic) bond motifs is 1. The molecule has 1 N–H and O–H groups in total. The summed E-state index contributed by atoms with van der Waals surface area (Å²) in [4.78, 5) is 16.5. The van der Waals surface area contributed by atoms with E-state index in [0.717, 1.165) is 56.1 Å². The molecule has 0 amide bonds. The van der Waals surface area contributed by atoms with Crippen molar-refractivity contribution in [2.45, 2.75) is 38.7 Å². The van der Waals surface area contributed by atoms with Gasteiger partial charge in [-0.3, -0.25) is 4.90 Å². The average Bonchev–Trinajstić information content (AvgIpc) is 3.73. The number of pyridine rings is 1. The summed E-state index contributed by atoms with van der Waals surface area (Å²) in [6, 6.07) is 13.9. The Labute approximate surface area is 242 Å². The van der Waals surface area contributed by atoms with Gasteiger partial charge in [-0.05, 0) is 69.2 Å². The second kappa shape index (κ2) is 11.3. The second-order valence-corrected chi connectivity index (χ2v) is 11.8. The lowest BCUT2D eigenvalue weighted by Gasteiger charge is -2.36. The van der Waals surface area contributed by atoms with Crippen molar-refractivity contribution in [3.63, 3.8) is 0 Å². The first-order chi connectivity index (χ1) is 19.8. The van der Waals surface area contributed by atoms with Crippen LogP contribution in [0.4, 0.5) is 25.3 Å². The molecule has 1 atom stereocenters. The Hall–Kier alpha value is -3.65. The molecule has 0 spiro atoms. The van der Waals surface area contributed by atoms with Gasteiger partial charge in [0, 0.05) is 67.5 Å². The van der Waals surface area contributed by atoms with Crippen molar-refractivity contribution in [1.29, 1.82) is 5.26 Å². The van der Waals surface area contributed by atoms with Gasteiger partial charge in [-0.25, -0.2) is 18.7 Å². The van der Waals surface area contributed by atoms with Crippen molar-refractivity contribution >= 4 is 38.7 Å². The number of β-amino-alcohol motifs (C(OH)–C–C–N with tert-alkyl or cyclic N) is 1. The summed E-state index contributed by atoms with van der Waals surface area (Å²) in [5, 5.41) is 21.0. The highest BCUT2D eigenvalue weighted by molar-refractivity contribution is 7.16. The number of nitrogens with zero attached hydrogens (tertiary/aromatic N) is 6. The number of hydrogen-bond acceptors (Lipinski definition) is 8. The molecule has 1 saturated heterocycles. The molecule has 1 aliphatic heterocycles. The van der Waals surface area contributed by atoms with E-state index in [1.165, 1.54) is 23.5 Å². The van der Waals surface area contributed by atoms with Gasteiger partial charge in [0.2, 0.25) is 0 Å². The summed E-state index contributed by atoms with van der Waals surface area (Å²) in [5.74, 6) is -0.387. The number of piperazine rings is 1. The third-order valence-electron chi connectivity index (χ3n) is 7.78. The summed E-state index contributed by atoms with van der Waals surface area (Å²) >= 11 is 1.28. The molecule has 0 radical (unpaired) electrons. The fraction of sp³-hybridized carbons (Fsp3) is 0.387. The third kappa shape index (κ3) is 5.62. The van der Waals surface area contributed by atoms with E-state index in [2.05, 4.69) is 21.9 Å². The molecule has 2 aromatic carbocycles. The van der Waals surface area contributed by atoms with Crippen molar-refractivity contribution in [3.8, 4) is 17.3 Å². The van der Waals surface area contributed by atoms with Crippen LogP contribution in [0.15, 0.2) is 42.5 Å². The molecule has 212 valence electrons. The van der Waals surface area contributed by atoms with Crippen LogP contribution in [0.25, 0.3) is 22.2 Å². The Morgan fingerprint density at radius 3 is 2.46 bits per heavy atom. The van der Waals surface area contributed by atoms with Crippen molar-refractivity contribution < 1.29 is 13.9 Å². The van der Waals surface area contributed by atoms with Crippen LogP contribution in [0.5, 0.6) is 0 Å². The molecular weight excluding hydrogens is 542 g/mol. The van der Waals surface area contributed by atoms with Gasteiger partial charge in [-0.15, -0.1) is 0 Å². The zero-order chi connectivity index (χ0) is 28.7. The van der Waals surface area contributed by atoms with E-state index in [0.29, 0.717) is 51.2 Å². The minimum atomic E-state index is -0.384. The van der Waals surface area contributed by atoms with Crippen molar-refractivity contribution in [2.75, 3.05) is 49.1 Å². The van der Waals surface area contributed by atoms with Crippen molar-refractivity contribution in [1.82, 2.24) is 14.9 Å². The first-order valence-electron chi connectivity index (χ1n) is 14.1. The van der Waals surface area contributed by atoms with Gasteiger partial charge in [0.15, 0.2) is 10.9 Å². The SMILES string of the molecule is CCN(c1nc(-c2ccc(F)cc2)c(C#N)s1)c1cc(C2CC2)nc2c(F)cc(N3CCN(CC(C)O)CC3)cc12. The predicted octanol–water partition coefficient (Wildman–Crippen LogP) is 6.05. The Kier molecular flexibility index (Phi) is 7.60. The van der Waals surface area contributed by atoms with Gasteiger partial charge in [0.05, 0.1) is 11.8 Å². The van der Waals surface area contributed by atoms with E-state index < -0.39 is 0 Å². The van der Waals surface area contributed by atoms with Gasteiger partial charge >= 0.3 is 0 Å². The molecule has 41 heavy (non-hydrogen) atoms. The minimum Gasteiger partial charge on any atom is -0.392 e. The predicted molar refractivity (Wildman–Crippen MR) is 159 cm³/mol. The van der Waals surface area contributed by atoms with Crippen LogP contribution in [0.2, 0.25) is 0 Å². The number of nitriles is 1. The molecule has 10 heteroatoms. The standard InChI is InChI=1S/C31H32F2N6OS/c1-3-39(31-36-29(28(17-34)41-31)21-6-8-22(32)9-7-21)27-16-26(20-4-5-20)35-30-24(27)14-23(15-25(30)33)38-12-10-37(11-13-38)18-19(2)40/h6-9,14-16,19-20,40H,3-5,10-13,18H2,1-2H3. The molecule has 7 nitrogen and oxygen atoms in total. The lowest BCUT2D eigenvalue weighted by molar-refractivity contribution is 0.122. The summed E-state index contributed by atoms with van der Waals surface area (Å²) in [6.07, 6.45) is 1.68. The minimum absolute atomic E-state index is 0.318. The molecular formula is C31H32F2N6OS. The molecule has 2 aromatic heterocycles. The molecule has 0 bridgehead atoms. The Morgan fingerprint density at radius 2 is 1.83 bits per heavy atom. The van der Waals surface area contributed by atoms with E-state index in [9.17, 15) is 14.8 Å². The lowest BCUT2D eigenvalue weighted by Crippen LogP contribution is -2.48. The van der Waals surface area contributed by atoms with Crippen LogP contribution in [0.1, 0.15) is 43.2 Å². The highest BCUT2D eigenvalue weighted by Gasteiger charge is 2.29. The molecule has 1 unspecified atom stereocenters. The van der Waals surface area contributed by atoms with Gasteiger partial charge < -0.3 is 14.9 Å². The smallest absolute Gasteiger partial charge is 0.191 e. The van der Waals surface area contributed by atoms with Crippen LogP contribution < -0.4 is 9.80 Å². The van der Waals surface area contributed by atoms with E-state index in [1.807, 2.05) is 17.9 Å². The maximum absolute atomic E-state index is 15.8. The monoisotopic (exact) mass is 574 g/mol. The quantitative estimate of drug-likeness (QED) is 0.275. The summed E-state index contributed by atoms with van der Waals surface area (Å²) in [7, 11) is 0. The van der Waals surface area contributed by atoms with Gasteiger partial charge in [0.25, 0.3) is 0 Å². The van der Waals surface area contributed by atoms with Crippen LogP contribution in [0.3, 0.4) is 0 Å². The summed E-state index contributed by atoms with van der Waals surface area (Å²) in [5.41, 5.74) is 4.01. The summed E-state index contributed by atoms with van der Waals surface area (Å²) in [6.45, 7) is 8.03. The first-order valence-corrected chi connectivity index (χ1v) is 14.9. The third-order valence-corrected chi connectivity index (χ3v) is 8.76. The lowest BCUT2D eigenvalue weighted by atomic mass is 10.1. The Morgan fingerprint density at radius 1 is 1.10 bits per heavy atom. The molecule has 4 aromatic rings. The molecule has 2 aliphatic rings. The average molecular weight is 575 g/mol. The van der Waals surface area contributed by atoms with Crippen LogP contribution in [-0.2, 0) is 0 Å². The fourth-order valence-electron chi connectivity index (χ4n) is 5.54. The number of thiazole rings is 1.